The zero-order chi connectivity index (χ0) is 17.0. The number of anilines is 1. The SMILES string of the molecule is Cc1cc(C)cc(NC(N)=NCC(C)(O)c2cccc(Cl)c2)c1. The average molecular weight is 332 g/mol. The highest BCUT2D eigenvalue weighted by atomic mass is 35.5. The number of hydrogen-bond donors (Lipinski definition) is 3. The summed E-state index contributed by atoms with van der Waals surface area (Å²) in [5, 5.41) is 14.2. The number of rotatable bonds is 4. The summed E-state index contributed by atoms with van der Waals surface area (Å²) in [7, 11) is 0. The van der Waals surface area contributed by atoms with Crippen molar-refractivity contribution >= 4 is 23.2 Å². The van der Waals surface area contributed by atoms with Crippen LogP contribution in [0.1, 0.15) is 23.6 Å². The minimum Gasteiger partial charge on any atom is -0.384 e. The fourth-order valence-corrected chi connectivity index (χ4v) is 2.58. The van der Waals surface area contributed by atoms with Crippen molar-refractivity contribution in [3.63, 3.8) is 0 Å². The quantitative estimate of drug-likeness (QED) is 0.592. The highest BCUT2D eigenvalue weighted by molar-refractivity contribution is 6.30. The molecule has 2 rings (SSSR count). The molecule has 2 aromatic rings. The number of halogens is 1. The van der Waals surface area contributed by atoms with Gasteiger partial charge in [-0.25, -0.2) is 4.99 Å². The molecule has 0 aliphatic carbocycles. The first-order valence-electron chi connectivity index (χ1n) is 7.40. The first kappa shape index (κ1) is 17.3. The van der Waals surface area contributed by atoms with Crippen molar-refractivity contribution in [1.82, 2.24) is 0 Å². The third-order valence-electron chi connectivity index (χ3n) is 3.50. The number of aryl methyl sites for hydroxylation is 2. The highest BCUT2D eigenvalue weighted by Gasteiger charge is 2.23. The maximum absolute atomic E-state index is 10.6. The van der Waals surface area contributed by atoms with Crippen LogP contribution in [-0.4, -0.2) is 17.6 Å². The topological polar surface area (TPSA) is 70.6 Å². The summed E-state index contributed by atoms with van der Waals surface area (Å²) in [6.07, 6.45) is 0. The molecule has 0 saturated heterocycles. The van der Waals surface area contributed by atoms with Crippen LogP contribution in [-0.2, 0) is 5.60 Å². The van der Waals surface area contributed by atoms with Gasteiger partial charge in [-0.2, -0.15) is 0 Å². The molecule has 0 spiro atoms. The van der Waals surface area contributed by atoms with E-state index in [-0.39, 0.29) is 12.5 Å². The van der Waals surface area contributed by atoms with Crippen LogP contribution in [0.4, 0.5) is 5.69 Å². The molecular weight excluding hydrogens is 310 g/mol. The summed E-state index contributed by atoms with van der Waals surface area (Å²) in [6, 6.07) is 13.2. The Labute approximate surface area is 142 Å². The van der Waals surface area contributed by atoms with Crippen LogP contribution in [0.25, 0.3) is 0 Å². The largest absolute Gasteiger partial charge is 0.384 e. The smallest absolute Gasteiger partial charge is 0.193 e. The number of benzene rings is 2. The molecule has 0 bridgehead atoms. The Balaban J connectivity index is 2.09. The Morgan fingerprint density at radius 3 is 2.48 bits per heavy atom. The molecule has 1 unspecified atom stereocenters. The molecule has 23 heavy (non-hydrogen) atoms. The number of guanidine groups is 1. The Morgan fingerprint density at radius 2 is 1.87 bits per heavy atom. The first-order valence-corrected chi connectivity index (χ1v) is 7.78. The van der Waals surface area contributed by atoms with Crippen LogP contribution in [0, 0.1) is 13.8 Å². The Bertz CT molecular complexity index is 706. The monoisotopic (exact) mass is 331 g/mol. The normalized spacial score (nSPS) is 14.4. The molecule has 0 aliphatic heterocycles. The van der Waals surface area contributed by atoms with Gasteiger partial charge in [0.25, 0.3) is 0 Å². The summed E-state index contributed by atoms with van der Waals surface area (Å²) in [6.45, 7) is 5.87. The van der Waals surface area contributed by atoms with Gasteiger partial charge in [0.1, 0.15) is 5.60 Å². The van der Waals surface area contributed by atoms with Crippen molar-refractivity contribution in [3.8, 4) is 0 Å². The van der Waals surface area contributed by atoms with Crippen molar-refractivity contribution < 1.29 is 5.11 Å². The Kier molecular flexibility index (Phi) is 5.29. The lowest BCUT2D eigenvalue weighted by atomic mass is 9.96. The first-order chi connectivity index (χ1) is 10.8. The van der Waals surface area contributed by atoms with E-state index in [4.69, 9.17) is 17.3 Å². The second kappa shape index (κ2) is 7.02. The molecule has 4 N–H and O–H groups in total. The summed E-state index contributed by atoms with van der Waals surface area (Å²) >= 11 is 5.97. The summed E-state index contributed by atoms with van der Waals surface area (Å²) in [4.78, 5) is 4.25. The lowest BCUT2D eigenvalue weighted by Gasteiger charge is -2.22. The third kappa shape index (κ3) is 4.98. The van der Waals surface area contributed by atoms with Gasteiger partial charge in [-0.15, -0.1) is 0 Å². The number of aliphatic imine (C=N–C) groups is 1. The number of nitrogens with one attached hydrogen (secondary N) is 1. The molecule has 0 radical (unpaired) electrons. The predicted molar refractivity (Wildman–Crippen MR) is 97.1 cm³/mol. The standard InChI is InChI=1S/C18H22ClN3O/c1-12-7-13(2)9-16(8-12)22-17(20)21-11-18(3,23)14-5-4-6-15(19)10-14/h4-10,23H,11H2,1-3H3,(H3,20,21,22). The summed E-state index contributed by atoms with van der Waals surface area (Å²) in [5.41, 5.74) is 8.66. The Hall–Kier alpha value is -2.04. The number of hydrogen-bond acceptors (Lipinski definition) is 2. The van der Waals surface area contributed by atoms with Crippen molar-refractivity contribution in [2.75, 3.05) is 11.9 Å². The molecule has 0 fully saturated rings. The van der Waals surface area contributed by atoms with Gasteiger partial charge in [-0.3, -0.25) is 0 Å². The van der Waals surface area contributed by atoms with Gasteiger partial charge in [0.05, 0.1) is 6.54 Å². The molecule has 2 aromatic carbocycles. The van der Waals surface area contributed by atoms with Gasteiger partial charge >= 0.3 is 0 Å². The van der Waals surface area contributed by atoms with Gasteiger partial charge in [0.2, 0.25) is 0 Å². The lowest BCUT2D eigenvalue weighted by Crippen LogP contribution is -2.29. The minimum atomic E-state index is -1.14. The van der Waals surface area contributed by atoms with Crippen molar-refractivity contribution in [3.05, 3.63) is 64.2 Å². The number of nitrogens with zero attached hydrogens (tertiary/aromatic N) is 1. The average Bonchev–Trinajstić information content (AvgIpc) is 2.44. The molecule has 0 saturated carbocycles. The van der Waals surface area contributed by atoms with E-state index in [1.165, 1.54) is 0 Å². The van der Waals surface area contributed by atoms with E-state index in [0.29, 0.717) is 10.6 Å². The maximum Gasteiger partial charge on any atom is 0.193 e. The van der Waals surface area contributed by atoms with E-state index >= 15 is 0 Å². The van der Waals surface area contributed by atoms with Crippen LogP contribution in [0.3, 0.4) is 0 Å². The molecule has 0 heterocycles. The maximum atomic E-state index is 10.6. The van der Waals surface area contributed by atoms with E-state index in [9.17, 15) is 5.11 Å². The van der Waals surface area contributed by atoms with E-state index in [0.717, 1.165) is 16.8 Å². The van der Waals surface area contributed by atoms with Gasteiger partial charge in [-0.05, 0) is 61.7 Å². The predicted octanol–water partition coefficient (Wildman–Crippen LogP) is 3.59. The van der Waals surface area contributed by atoms with E-state index in [1.807, 2.05) is 32.0 Å². The van der Waals surface area contributed by atoms with Crippen LogP contribution in [0.15, 0.2) is 47.5 Å². The van der Waals surface area contributed by atoms with Gasteiger partial charge in [-0.1, -0.05) is 29.8 Å². The highest BCUT2D eigenvalue weighted by Crippen LogP contribution is 2.23. The molecular formula is C18H22ClN3O. The van der Waals surface area contributed by atoms with Crippen LogP contribution < -0.4 is 11.1 Å². The van der Waals surface area contributed by atoms with E-state index in [2.05, 4.69) is 16.4 Å². The molecule has 4 nitrogen and oxygen atoms in total. The van der Waals surface area contributed by atoms with Crippen molar-refractivity contribution in [2.24, 2.45) is 10.7 Å². The molecule has 0 amide bonds. The Morgan fingerprint density at radius 1 is 1.22 bits per heavy atom. The number of nitrogens with two attached hydrogens (primary N) is 1. The van der Waals surface area contributed by atoms with Crippen molar-refractivity contribution in [1.29, 1.82) is 0 Å². The molecule has 1 atom stereocenters. The van der Waals surface area contributed by atoms with Crippen LogP contribution in [0.5, 0.6) is 0 Å². The second-order valence-electron chi connectivity index (χ2n) is 5.99. The van der Waals surface area contributed by atoms with Crippen molar-refractivity contribution in [2.45, 2.75) is 26.4 Å². The minimum absolute atomic E-state index is 0.136. The molecule has 122 valence electrons. The summed E-state index contributed by atoms with van der Waals surface area (Å²) < 4.78 is 0. The number of aliphatic hydroxyl groups is 1. The zero-order valence-electron chi connectivity index (χ0n) is 13.6. The fourth-order valence-electron chi connectivity index (χ4n) is 2.39. The van der Waals surface area contributed by atoms with E-state index < -0.39 is 5.60 Å². The van der Waals surface area contributed by atoms with E-state index in [1.54, 1.807) is 25.1 Å². The molecule has 0 aromatic heterocycles. The fraction of sp³-hybridized carbons (Fsp3) is 0.278. The second-order valence-corrected chi connectivity index (χ2v) is 6.42. The van der Waals surface area contributed by atoms with Crippen LogP contribution in [0.2, 0.25) is 5.02 Å². The van der Waals surface area contributed by atoms with Gasteiger partial charge < -0.3 is 16.2 Å². The third-order valence-corrected chi connectivity index (χ3v) is 3.73. The van der Waals surface area contributed by atoms with Gasteiger partial charge in [0, 0.05) is 10.7 Å². The van der Waals surface area contributed by atoms with Gasteiger partial charge in [0.15, 0.2) is 5.96 Å². The van der Waals surface area contributed by atoms with Crippen LogP contribution >= 0.6 is 11.6 Å². The molecule has 5 heteroatoms. The lowest BCUT2D eigenvalue weighted by molar-refractivity contribution is 0.0674. The molecule has 0 aliphatic rings. The summed E-state index contributed by atoms with van der Waals surface area (Å²) in [5.74, 6) is 0.261. The zero-order valence-corrected chi connectivity index (χ0v) is 14.4.